The predicted molar refractivity (Wildman–Crippen MR) is 102 cm³/mol. The van der Waals surface area contributed by atoms with Gasteiger partial charge in [-0.25, -0.2) is 0 Å². The summed E-state index contributed by atoms with van der Waals surface area (Å²) in [6.07, 6.45) is 0. The van der Waals surface area contributed by atoms with Gasteiger partial charge in [0.05, 0.1) is 0 Å². The molecule has 2 heterocycles. The van der Waals surface area contributed by atoms with E-state index in [4.69, 9.17) is 0 Å². The second-order valence-electron chi connectivity index (χ2n) is 5.13. The van der Waals surface area contributed by atoms with Crippen molar-refractivity contribution < 1.29 is 0 Å². The molecule has 0 radical (unpaired) electrons. The van der Waals surface area contributed by atoms with Gasteiger partial charge in [0.25, 0.3) is 0 Å². The van der Waals surface area contributed by atoms with Gasteiger partial charge in [-0.15, -0.1) is 0 Å². The Morgan fingerprint density at radius 1 is 0.600 bits per heavy atom. The highest BCUT2D eigenvalue weighted by atomic mass is 32.2. The highest BCUT2D eigenvalue weighted by molar-refractivity contribution is 8.03. The molecule has 0 unspecified atom stereocenters. The average molecular weight is 353 g/mol. The monoisotopic (exact) mass is 352 g/mol. The molecular formula is C14H28N2S4. The zero-order chi connectivity index (χ0) is 13.9. The highest BCUT2D eigenvalue weighted by Gasteiger charge is 2.10. The molecule has 2 aliphatic rings. The van der Waals surface area contributed by atoms with Crippen molar-refractivity contribution in [2.24, 2.45) is 0 Å². The van der Waals surface area contributed by atoms with Crippen molar-refractivity contribution >= 4 is 47.0 Å². The second kappa shape index (κ2) is 11.8. The molecule has 6 heteroatoms. The molecule has 118 valence electrons. The fourth-order valence-electron chi connectivity index (χ4n) is 2.36. The number of hydrogen-bond donors (Lipinski definition) is 0. The third-order valence-electron chi connectivity index (χ3n) is 3.68. The van der Waals surface area contributed by atoms with E-state index >= 15 is 0 Å². The zero-order valence-electron chi connectivity index (χ0n) is 12.4. The normalized spacial score (nSPS) is 22.2. The van der Waals surface area contributed by atoms with E-state index < -0.39 is 0 Å². The van der Waals surface area contributed by atoms with Gasteiger partial charge in [0.15, 0.2) is 0 Å². The standard InChI is InChI=1S/C14H28N2S4/c1-7-17-8-2-15(1)5-11-19-13-14-20-12-6-16-3-9-18-10-4-16/h1-14H2. The third-order valence-corrected chi connectivity index (χ3v) is 7.75. The fourth-order valence-corrected chi connectivity index (χ4v) is 6.44. The van der Waals surface area contributed by atoms with E-state index in [0.717, 1.165) is 0 Å². The Labute approximate surface area is 141 Å². The van der Waals surface area contributed by atoms with Gasteiger partial charge in [0.1, 0.15) is 0 Å². The van der Waals surface area contributed by atoms with Crippen LogP contribution in [0.3, 0.4) is 0 Å². The van der Waals surface area contributed by atoms with Gasteiger partial charge in [0, 0.05) is 85.3 Å². The van der Waals surface area contributed by atoms with E-state index in [-0.39, 0.29) is 0 Å². The van der Waals surface area contributed by atoms with Gasteiger partial charge in [-0.2, -0.15) is 47.0 Å². The first kappa shape index (κ1) is 17.7. The van der Waals surface area contributed by atoms with Crippen LogP contribution in [0.4, 0.5) is 0 Å². The van der Waals surface area contributed by atoms with Crippen LogP contribution >= 0.6 is 47.0 Å². The Morgan fingerprint density at radius 3 is 1.40 bits per heavy atom. The first-order valence-corrected chi connectivity index (χ1v) is 12.3. The molecule has 0 N–H and O–H groups in total. The van der Waals surface area contributed by atoms with Crippen LogP contribution in [0, 0.1) is 0 Å². The van der Waals surface area contributed by atoms with Crippen LogP contribution in [0.25, 0.3) is 0 Å². The second-order valence-corrected chi connectivity index (χ2v) is 10.0. The molecule has 0 aliphatic carbocycles. The van der Waals surface area contributed by atoms with Gasteiger partial charge < -0.3 is 9.80 Å². The van der Waals surface area contributed by atoms with Crippen LogP contribution in [0.2, 0.25) is 0 Å². The lowest BCUT2D eigenvalue weighted by atomic mass is 10.5. The van der Waals surface area contributed by atoms with Gasteiger partial charge in [-0.1, -0.05) is 0 Å². The summed E-state index contributed by atoms with van der Waals surface area (Å²) < 4.78 is 0. The molecule has 0 saturated carbocycles. The lowest BCUT2D eigenvalue weighted by Gasteiger charge is -2.26. The molecule has 0 bridgehead atoms. The minimum Gasteiger partial charge on any atom is -0.301 e. The SMILES string of the molecule is C(CSCCN1CCSCC1)SCCN1CCSCC1. The summed E-state index contributed by atoms with van der Waals surface area (Å²) in [6.45, 7) is 7.87. The summed E-state index contributed by atoms with van der Waals surface area (Å²) in [4.78, 5) is 5.26. The molecule has 0 spiro atoms. The molecule has 2 rings (SSSR count). The van der Waals surface area contributed by atoms with E-state index in [9.17, 15) is 0 Å². The maximum Gasteiger partial charge on any atom is 0.00730 e. The van der Waals surface area contributed by atoms with Crippen molar-refractivity contribution in [3.63, 3.8) is 0 Å². The first-order chi connectivity index (χ1) is 9.95. The average Bonchev–Trinajstić information content (AvgIpc) is 2.52. The van der Waals surface area contributed by atoms with E-state index in [0.29, 0.717) is 0 Å². The molecule has 0 atom stereocenters. The molecule has 0 aromatic heterocycles. The molecule has 0 aromatic carbocycles. The van der Waals surface area contributed by atoms with Crippen molar-refractivity contribution in [2.45, 2.75) is 0 Å². The number of thioether (sulfide) groups is 4. The Morgan fingerprint density at radius 2 is 1.00 bits per heavy atom. The first-order valence-electron chi connectivity index (χ1n) is 7.71. The van der Waals surface area contributed by atoms with E-state index in [2.05, 4.69) is 56.8 Å². The van der Waals surface area contributed by atoms with Crippen LogP contribution in [0.1, 0.15) is 0 Å². The van der Waals surface area contributed by atoms with Crippen molar-refractivity contribution in [3.8, 4) is 0 Å². The number of hydrogen-bond acceptors (Lipinski definition) is 6. The Bertz CT molecular complexity index is 207. The Kier molecular flexibility index (Phi) is 10.5. The van der Waals surface area contributed by atoms with Crippen LogP contribution in [0.15, 0.2) is 0 Å². The molecule has 2 fully saturated rings. The van der Waals surface area contributed by atoms with Crippen molar-refractivity contribution in [1.82, 2.24) is 9.80 Å². The maximum atomic E-state index is 2.63. The van der Waals surface area contributed by atoms with Crippen LogP contribution < -0.4 is 0 Å². The molecule has 2 aliphatic heterocycles. The summed E-state index contributed by atoms with van der Waals surface area (Å²) in [6, 6.07) is 0. The number of nitrogens with zero attached hydrogens (tertiary/aromatic N) is 2. The van der Waals surface area contributed by atoms with E-state index in [1.54, 1.807) is 0 Å². The molecule has 2 nitrogen and oxygen atoms in total. The summed E-state index contributed by atoms with van der Waals surface area (Å²) in [5.41, 5.74) is 0. The maximum absolute atomic E-state index is 2.63. The van der Waals surface area contributed by atoms with Gasteiger partial charge in [-0.05, 0) is 0 Å². The smallest absolute Gasteiger partial charge is 0.00730 e. The summed E-state index contributed by atoms with van der Waals surface area (Å²) in [5, 5.41) is 0. The fraction of sp³-hybridized carbons (Fsp3) is 1.00. The van der Waals surface area contributed by atoms with E-state index in [1.165, 1.54) is 85.3 Å². The van der Waals surface area contributed by atoms with Crippen molar-refractivity contribution in [1.29, 1.82) is 0 Å². The molecule has 20 heavy (non-hydrogen) atoms. The zero-order valence-corrected chi connectivity index (χ0v) is 15.7. The third kappa shape index (κ3) is 8.08. The predicted octanol–water partition coefficient (Wildman–Crippen LogP) is 2.55. The lowest BCUT2D eigenvalue weighted by molar-refractivity contribution is 0.322. The number of rotatable bonds is 9. The molecular weight excluding hydrogens is 324 g/mol. The van der Waals surface area contributed by atoms with E-state index in [1.807, 2.05) is 0 Å². The molecule has 0 aromatic rings. The van der Waals surface area contributed by atoms with Crippen LogP contribution in [0.5, 0.6) is 0 Å². The van der Waals surface area contributed by atoms with Crippen LogP contribution in [-0.4, -0.2) is 95.1 Å². The van der Waals surface area contributed by atoms with Gasteiger partial charge in [0.2, 0.25) is 0 Å². The molecule has 2 saturated heterocycles. The quantitative estimate of drug-likeness (QED) is 0.584. The largest absolute Gasteiger partial charge is 0.301 e. The highest BCUT2D eigenvalue weighted by Crippen LogP contribution is 2.13. The summed E-state index contributed by atoms with van der Waals surface area (Å²) in [5.74, 6) is 10.7. The van der Waals surface area contributed by atoms with Gasteiger partial charge in [-0.3, -0.25) is 0 Å². The van der Waals surface area contributed by atoms with Crippen molar-refractivity contribution in [3.05, 3.63) is 0 Å². The Balaban J connectivity index is 1.33. The van der Waals surface area contributed by atoms with Crippen molar-refractivity contribution in [2.75, 3.05) is 85.3 Å². The summed E-state index contributed by atoms with van der Waals surface area (Å²) in [7, 11) is 0. The topological polar surface area (TPSA) is 6.48 Å². The molecule has 0 amide bonds. The Hall–Kier alpha value is 1.32. The lowest BCUT2D eigenvalue weighted by Crippen LogP contribution is -2.34. The van der Waals surface area contributed by atoms with Gasteiger partial charge >= 0.3 is 0 Å². The summed E-state index contributed by atoms with van der Waals surface area (Å²) >= 11 is 8.51. The minimum absolute atomic E-state index is 1.31. The minimum atomic E-state index is 1.31. The van der Waals surface area contributed by atoms with Crippen LogP contribution in [-0.2, 0) is 0 Å².